The molecule has 0 spiro atoms. The number of rotatable bonds is 4. The fraction of sp³-hybridized carbons (Fsp3) is 0.294. The van der Waals surface area contributed by atoms with E-state index in [2.05, 4.69) is 26.3 Å². The number of aliphatic imine (C=N–C) groups is 1. The highest BCUT2D eigenvalue weighted by Gasteiger charge is 2.28. The first-order valence-corrected chi connectivity index (χ1v) is 7.92. The Kier molecular flexibility index (Phi) is 4.75. The quantitative estimate of drug-likeness (QED) is 0.447. The van der Waals surface area contributed by atoms with Gasteiger partial charge in [-0.1, -0.05) is 0 Å². The Morgan fingerprint density at radius 3 is 3.08 bits per heavy atom. The van der Waals surface area contributed by atoms with Crippen LogP contribution in [0.15, 0.2) is 40.4 Å². The van der Waals surface area contributed by atoms with Crippen molar-refractivity contribution in [2.24, 2.45) is 16.6 Å². The van der Waals surface area contributed by atoms with Gasteiger partial charge in [-0.3, -0.25) is 4.79 Å². The van der Waals surface area contributed by atoms with Crippen LogP contribution in [0.1, 0.15) is 24.8 Å². The van der Waals surface area contributed by atoms with Crippen molar-refractivity contribution in [3.63, 3.8) is 0 Å². The molecule has 0 aliphatic heterocycles. The average Bonchev–Trinajstić information content (AvgIpc) is 3.02. The lowest BCUT2D eigenvalue weighted by Crippen LogP contribution is -2.30. The van der Waals surface area contributed by atoms with Crippen LogP contribution in [-0.2, 0) is 0 Å². The summed E-state index contributed by atoms with van der Waals surface area (Å²) in [6, 6.07) is 6.53. The molecule has 2 aromatic heterocycles. The molecule has 0 saturated heterocycles. The Balaban J connectivity index is 1.96. The van der Waals surface area contributed by atoms with Crippen molar-refractivity contribution in [2.45, 2.75) is 25.3 Å². The topological polar surface area (TPSA) is 120 Å². The number of hydrogen-bond acceptors (Lipinski definition) is 5. The van der Waals surface area contributed by atoms with E-state index < -0.39 is 11.5 Å². The van der Waals surface area contributed by atoms with Crippen molar-refractivity contribution >= 4 is 17.2 Å². The van der Waals surface area contributed by atoms with Crippen LogP contribution in [0.3, 0.4) is 0 Å². The van der Waals surface area contributed by atoms with E-state index in [1.54, 1.807) is 6.07 Å². The summed E-state index contributed by atoms with van der Waals surface area (Å²) in [5.74, 6) is -0.835. The number of nitrogens with one attached hydrogen (secondary N) is 2. The maximum absolute atomic E-state index is 13.2. The number of aromatic amines is 1. The number of H-pyrrole nitrogens is 1. The van der Waals surface area contributed by atoms with Crippen molar-refractivity contribution < 1.29 is 4.39 Å². The molecule has 25 heavy (non-hydrogen) atoms. The smallest absolute Gasteiger partial charge is 0.261 e. The third kappa shape index (κ3) is 3.66. The maximum atomic E-state index is 13.2. The lowest BCUT2D eigenvalue weighted by molar-refractivity contribution is 0.584. The number of nitrogens with two attached hydrogens (primary N) is 1. The molecule has 2 atom stereocenters. The Hall–Kier alpha value is -3.21. The molecule has 1 aliphatic carbocycles. The van der Waals surface area contributed by atoms with Gasteiger partial charge in [0.25, 0.3) is 5.56 Å². The molecule has 1 saturated carbocycles. The second-order valence-corrected chi connectivity index (χ2v) is 5.85. The number of amidine groups is 1. The molecule has 0 radical (unpaired) electrons. The van der Waals surface area contributed by atoms with Gasteiger partial charge in [0, 0.05) is 24.5 Å². The summed E-state index contributed by atoms with van der Waals surface area (Å²) in [5.41, 5.74) is 6.53. The van der Waals surface area contributed by atoms with Gasteiger partial charge in [-0.05, 0) is 31.4 Å². The summed E-state index contributed by atoms with van der Waals surface area (Å²) in [6.45, 7) is 0. The Bertz CT molecular complexity index is 900. The Labute approximate surface area is 143 Å². The van der Waals surface area contributed by atoms with Crippen LogP contribution < -0.4 is 16.6 Å². The Morgan fingerprint density at radius 1 is 1.48 bits per heavy atom. The lowest BCUT2D eigenvalue weighted by Gasteiger charge is -2.19. The summed E-state index contributed by atoms with van der Waals surface area (Å²) in [7, 11) is 0. The van der Waals surface area contributed by atoms with Crippen molar-refractivity contribution in [2.75, 3.05) is 5.32 Å². The molecule has 0 aromatic carbocycles. The van der Waals surface area contributed by atoms with Crippen LogP contribution in [0.2, 0.25) is 0 Å². The van der Waals surface area contributed by atoms with Crippen LogP contribution in [0.4, 0.5) is 15.8 Å². The first kappa shape index (κ1) is 16.6. The molecule has 2 aromatic rings. The third-order valence-electron chi connectivity index (χ3n) is 4.20. The van der Waals surface area contributed by atoms with Crippen LogP contribution >= 0.6 is 0 Å². The summed E-state index contributed by atoms with van der Waals surface area (Å²) in [5, 5.41) is 12.5. The minimum absolute atomic E-state index is 0.0403. The highest BCUT2D eigenvalue weighted by molar-refractivity contribution is 6.03. The van der Waals surface area contributed by atoms with Crippen LogP contribution in [0.5, 0.6) is 0 Å². The summed E-state index contributed by atoms with van der Waals surface area (Å²) in [4.78, 5) is 22.4. The van der Waals surface area contributed by atoms with E-state index >= 15 is 0 Å². The molecule has 4 N–H and O–H groups in total. The van der Waals surface area contributed by atoms with Crippen molar-refractivity contribution in [1.29, 1.82) is 5.26 Å². The zero-order valence-corrected chi connectivity index (χ0v) is 13.4. The Morgan fingerprint density at radius 2 is 2.32 bits per heavy atom. The molecule has 2 unspecified atom stereocenters. The van der Waals surface area contributed by atoms with Gasteiger partial charge in [-0.25, -0.2) is 9.98 Å². The third-order valence-corrected chi connectivity index (χ3v) is 4.20. The fourth-order valence-corrected chi connectivity index (χ4v) is 3.00. The van der Waals surface area contributed by atoms with Crippen molar-refractivity contribution in [1.82, 2.24) is 9.97 Å². The first-order chi connectivity index (χ1) is 12.1. The van der Waals surface area contributed by atoms with E-state index in [0.29, 0.717) is 5.69 Å². The van der Waals surface area contributed by atoms with Gasteiger partial charge in [-0.15, -0.1) is 0 Å². The summed E-state index contributed by atoms with van der Waals surface area (Å²) < 4.78 is 13.2. The van der Waals surface area contributed by atoms with Gasteiger partial charge >= 0.3 is 0 Å². The number of nitrogens with zero attached hydrogens (tertiary/aromatic N) is 3. The van der Waals surface area contributed by atoms with E-state index in [1.165, 1.54) is 18.5 Å². The number of aromatic nitrogens is 2. The van der Waals surface area contributed by atoms with Gasteiger partial charge in [0.05, 0.1) is 23.4 Å². The molecule has 1 fully saturated rings. The SMILES string of the molecule is N#CC1CCCC1Nc1cc[nH]c(=O)c1C(N)=Nc1ccnc(F)c1. The zero-order chi connectivity index (χ0) is 17.8. The summed E-state index contributed by atoms with van der Waals surface area (Å²) in [6.07, 6.45) is 5.40. The second kappa shape index (κ2) is 7.13. The van der Waals surface area contributed by atoms with E-state index in [0.717, 1.165) is 25.3 Å². The standard InChI is InChI=1S/C17H17FN6O/c18-14-8-11(4-6-21-14)23-16(20)15-13(5-7-22-17(15)25)24-12-3-1-2-10(12)9-19/h4-8,10,12H,1-3H2,(H2,20,21,23)(H2,22,24,25). The highest BCUT2D eigenvalue weighted by atomic mass is 19.1. The van der Waals surface area contributed by atoms with Crippen LogP contribution in [0.25, 0.3) is 0 Å². The summed E-state index contributed by atoms with van der Waals surface area (Å²) >= 11 is 0. The van der Waals surface area contributed by atoms with E-state index in [1.807, 2.05) is 0 Å². The highest BCUT2D eigenvalue weighted by Crippen LogP contribution is 2.28. The number of hydrogen-bond donors (Lipinski definition) is 3. The monoisotopic (exact) mass is 340 g/mol. The molecular formula is C17H17FN6O. The lowest BCUT2D eigenvalue weighted by atomic mass is 10.0. The average molecular weight is 340 g/mol. The minimum atomic E-state index is -0.683. The van der Waals surface area contributed by atoms with E-state index in [9.17, 15) is 14.4 Å². The molecular weight excluding hydrogens is 323 g/mol. The molecule has 0 amide bonds. The van der Waals surface area contributed by atoms with Crippen molar-refractivity contribution in [3.8, 4) is 6.07 Å². The molecule has 128 valence electrons. The number of anilines is 1. The van der Waals surface area contributed by atoms with Crippen LogP contribution in [-0.4, -0.2) is 21.8 Å². The predicted molar refractivity (Wildman–Crippen MR) is 92.0 cm³/mol. The molecule has 1 aliphatic rings. The normalized spacial score (nSPS) is 20.2. The number of nitriles is 1. The largest absolute Gasteiger partial charge is 0.383 e. The second-order valence-electron chi connectivity index (χ2n) is 5.85. The van der Waals surface area contributed by atoms with Gasteiger partial charge in [-0.2, -0.15) is 9.65 Å². The van der Waals surface area contributed by atoms with Gasteiger partial charge in [0.15, 0.2) is 0 Å². The molecule has 8 heteroatoms. The number of pyridine rings is 2. The predicted octanol–water partition coefficient (Wildman–Crippen LogP) is 2.05. The maximum Gasteiger partial charge on any atom is 0.261 e. The van der Waals surface area contributed by atoms with E-state index in [4.69, 9.17) is 5.73 Å². The number of halogens is 1. The van der Waals surface area contributed by atoms with Gasteiger partial charge in [0.2, 0.25) is 5.95 Å². The van der Waals surface area contributed by atoms with Crippen molar-refractivity contribution in [3.05, 3.63) is 52.5 Å². The molecule has 3 rings (SSSR count). The minimum Gasteiger partial charge on any atom is -0.383 e. The van der Waals surface area contributed by atoms with Gasteiger partial charge < -0.3 is 16.0 Å². The fourth-order valence-electron chi connectivity index (χ4n) is 3.00. The van der Waals surface area contributed by atoms with Gasteiger partial charge in [0.1, 0.15) is 11.4 Å². The van der Waals surface area contributed by atoms with E-state index in [-0.39, 0.29) is 29.0 Å². The molecule has 2 heterocycles. The zero-order valence-electron chi connectivity index (χ0n) is 13.4. The molecule has 0 bridgehead atoms. The van der Waals surface area contributed by atoms with Crippen LogP contribution in [0, 0.1) is 23.2 Å². The first-order valence-electron chi connectivity index (χ1n) is 7.92. The molecule has 7 nitrogen and oxygen atoms in total.